The van der Waals surface area contributed by atoms with E-state index >= 15 is 0 Å². The van der Waals surface area contributed by atoms with Crippen molar-refractivity contribution in [1.82, 2.24) is 9.78 Å². The number of aryl methyl sites for hydroxylation is 1. The van der Waals surface area contributed by atoms with Crippen LogP contribution in [0.2, 0.25) is 5.02 Å². The van der Waals surface area contributed by atoms with Crippen LogP contribution in [0.4, 0.5) is 5.69 Å². The highest BCUT2D eigenvalue weighted by Crippen LogP contribution is 2.31. The van der Waals surface area contributed by atoms with Gasteiger partial charge in [-0.1, -0.05) is 41.9 Å². The van der Waals surface area contributed by atoms with Gasteiger partial charge in [0.15, 0.2) is 0 Å². The van der Waals surface area contributed by atoms with Gasteiger partial charge < -0.3 is 15.8 Å². The van der Waals surface area contributed by atoms with Gasteiger partial charge in [0.2, 0.25) is 0 Å². The van der Waals surface area contributed by atoms with Gasteiger partial charge in [-0.2, -0.15) is 5.10 Å². The summed E-state index contributed by atoms with van der Waals surface area (Å²) in [6, 6.07) is 16.0. The first kappa shape index (κ1) is 21.4. The molecule has 1 aliphatic carbocycles. The molecule has 0 saturated heterocycles. The van der Waals surface area contributed by atoms with Crippen molar-refractivity contribution in [3.05, 3.63) is 76.6 Å². The zero-order chi connectivity index (χ0) is 21.8. The Morgan fingerprint density at radius 1 is 1.19 bits per heavy atom. The maximum Gasteiger partial charge on any atom is 0.275 e. The van der Waals surface area contributed by atoms with Gasteiger partial charge in [-0.25, -0.2) is 0 Å². The van der Waals surface area contributed by atoms with E-state index < -0.39 is 0 Å². The zero-order valence-corrected chi connectivity index (χ0v) is 18.3. The van der Waals surface area contributed by atoms with Gasteiger partial charge in [0, 0.05) is 11.7 Å². The number of nitrogens with one attached hydrogen (secondary N) is 1. The molecule has 2 aromatic carbocycles. The van der Waals surface area contributed by atoms with Crippen LogP contribution in [0.25, 0.3) is 0 Å². The number of hydrogen-bond donors (Lipinski definition) is 2. The molecule has 1 aromatic heterocycles. The number of carbonyl (C=O) groups is 1. The van der Waals surface area contributed by atoms with Crippen LogP contribution in [-0.2, 0) is 6.61 Å². The summed E-state index contributed by atoms with van der Waals surface area (Å²) >= 11 is 6.33. The van der Waals surface area contributed by atoms with Crippen LogP contribution in [0, 0.1) is 6.92 Å². The number of ether oxygens (including phenoxy) is 1. The number of carbonyl (C=O) groups excluding carboxylic acids is 1. The lowest BCUT2D eigenvalue weighted by Crippen LogP contribution is -2.30. The van der Waals surface area contributed by atoms with Crippen LogP contribution in [0.15, 0.2) is 54.7 Å². The van der Waals surface area contributed by atoms with Crippen LogP contribution in [0.1, 0.15) is 53.3 Å². The molecule has 1 fully saturated rings. The fraction of sp³-hybridized carbons (Fsp3) is 0.333. The zero-order valence-electron chi connectivity index (χ0n) is 17.6. The Hall–Kier alpha value is -2.83. The Labute approximate surface area is 187 Å². The number of halogens is 1. The van der Waals surface area contributed by atoms with Crippen LogP contribution in [-0.4, -0.2) is 21.7 Å². The highest BCUT2D eigenvalue weighted by Gasteiger charge is 2.26. The molecule has 0 atom stereocenters. The number of rotatable bonds is 6. The van der Waals surface area contributed by atoms with Crippen molar-refractivity contribution in [2.75, 3.05) is 5.32 Å². The van der Waals surface area contributed by atoms with Crippen molar-refractivity contribution in [3.63, 3.8) is 0 Å². The van der Waals surface area contributed by atoms with Gasteiger partial charge in [0.25, 0.3) is 5.91 Å². The summed E-state index contributed by atoms with van der Waals surface area (Å²) in [5, 5.41) is 7.71. The Morgan fingerprint density at radius 3 is 2.65 bits per heavy atom. The summed E-state index contributed by atoms with van der Waals surface area (Å²) in [4.78, 5) is 13.1. The monoisotopic (exact) mass is 438 g/mol. The molecule has 0 aliphatic heterocycles. The van der Waals surface area contributed by atoms with Gasteiger partial charge in [-0.05, 0) is 61.9 Å². The van der Waals surface area contributed by atoms with Crippen molar-refractivity contribution < 1.29 is 9.53 Å². The maximum absolute atomic E-state index is 13.1. The molecule has 0 spiro atoms. The largest absolute Gasteiger partial charge is 0.489 e. The van der Waals surface area contributed by atoms with Gasteiger partial charge in [0.1, 0.15) is 18.1 Å². The third-order valence-corrected chi connectivity index (χ3v) is 6.02. The number of amides is 1. The summed E-state index contributed by atoms with van der Waals surface area (Å²) in [6.07, 6.45) is 5.18. The number of hydrogen-bond acceptors (Lipinski definition) is 4. The van der Waals surface area contributed by atoms with E-state index in [0.717, 1.165) is 42.6 Å². The molecule has 0 unspecified atom stereocenters. The van der Waals surface area contributed by atoms with Crippen LogP contribution >= 0.6 is 11.6 Å². The summed E-state index contributed by atoms with van der Waals surface area (Å²) in [5.41, 5.74) is 9.14. The lowest BCUT2D eigenvalue weighted by molar-refractivity contribution is 0.101. The fourth-order valence-electron chi connectivity index (χ4n) is 3.97. The van der Waals surface area contributed by atoms with E-state index in [1.807, 2.05) is 55.5 Å². The predicted molar refractivity (Wildman–Crippen MR) is 123 cm³/mol. The lowest BCUT2D eigenvalue weighted by Gasteiger charge is -2.27. The van der Waals surface area contributed by atoms with E-state index in [9.17, 15) is 4.79 Å². The van der Waals surface area contributed by atoms with Crippen molar-refractivity contribution in [3.8, 4) is 5.75 Å². The smallest absolute Gasteiger partial charge is 0.275 e. The first-order valence-corrected chi connectivity index (χ1v) is 11.0. The number of aromatic nitrogens is 2. The topological polar surface area (TPSA) is 82.2 Å². The van der Waals surface area contributed by atoms with Crippen LogP contribution in [0.3, 0.4) is 0 Å². The summed E-state index contributed by atoms with van der Waals surface area (Å²) in [6.45, 7) is 2.43. The van der Waals surface area contributed by atoms with Gasteiger partial charge in [0.05, 0.1) is 17.3 Å². The summed E-state index contributed by atoms with van der Waals surface area (Å²) < 4.78 is 7.63. The molecular formula is C24H27ClN4O2. The van der Waals surface area contributed by atoms with E-state index in [4.69, 9.17) is 22.1 Å². The predicted octanol–water partition coefficient (Wildman–Crippen LogP) is 5.12. The van der Waals surface area contributed by atoms with E-state index in [1.54, 1.807) is 10.9 Å². The van der Waals surface area contributed by atoms with E-state index in [2.05, 4.69) is 10.4 Å². The SMILES string of the molecule is Cc1cc(OCc2ccccc2)ccc1NC(=O)c1c(Cl)cnn1C1CCC(N)CC1. The number of nitrogens with two attached hydrogens (primary N) is 1. The molecule has 3 aromatic rings. The first-order valence-electron chi connectivity index (χ1n) is 10.6. The van der Waals surface area contributed by atoms with E-state index in [-0.39, 0.29) is 18.0 Å². The number of benzene rings is 2. The Bertz CT molecular complexity index is 1040. The fourth-order valence-corrected chi connectivity index (χ4v) is 4.18. The normalized spacial score (nSPS) is 18.5. The molecule has 4 rings (SSSR count). The summed E-state index contributed by atoms with van der Waals surface area (Å²) in [7, 11) is 0. The molecule has 31 heavy (non-hydrogen) atoms. The highest BCUT2D eigenvalue weighted by molar-refractivity contribution is 6.34. The molecule has 7 heteroatoms. The third kappa shape index (κ3) is 5.09. The lowest BCUT2D eigenvalue weighted by atomic mass is 9.92. The quantitative estimate of drug-likeness (QED) is 0.559. The average Bonchev–Trinajstić information content (AvgIpc) is 3.16. The summed E-state index contributed by atoms with van der Waals surface area (Å²) in [5.74, 6) is 0.486. The molecule has 162 valence electrons. The molecule has 1 aliphatic rings. The minimum Gasteiger partial charge on any atom is -0.489 e. The molecule has 1 saturated carbocycles. The standard InChI is InChI=1S/C24H27ClN4O2/c1-16-13-20(31-15-17-5-3-2-4-6-17)11-12-22(16)28-24(30)23-21(25)14-27-29(23)19-9-7-18(26)8-10-19/h2-6,11-14,18-19H,7-10,15,26H2,1H3,(H,28,30). The van der Waals surface area contributed by atoms with E-state index in [0.29, 0.717) is 23.0 Å². The second kappa shape index (κ2) is 9.54. The van der Waals surface area contributed by atoms with Gasteiger partial charge >= 0.3 is 0 Å². The second-order valence-electron chi connectivity index (χ2n) is 8.06. The third-order valence-electron chi connectivity index (χ3n) is 5.75. The maximum atomic E-state index is 13.1. The van der Waals surface area contributed by atoms with Gasteiger partial charge in [-0.3, -0.25) is 9.48 Å². The van der Waals surface area contributed by atoms with Crippen molar-refractivity contribution in [2.45, 2.75) is 51.3 Å². The van der Waals surface area contributed by atoms with Gasteiger partial charge in [-0.15, -0.1) is 0 Å². The second-order valence-corrected chi connectivity index (χ2v) is 8.47. The Balaban J connectivity index is 1.45. The molecule has 0 radical (unpaired) electrons. The van der Waals surface area contributed by atoms with Crippen molar-refractivity contribution in [2.24, 2.45) is 5.73 Å². The molecule has 6 nitrogen and oxygen atoms in total. The van der Waals surface area contributed by atoms with E-state index in [1.165, 1.54) is 0 Å². The van der Waals surface area contributed by atoms with Crippen LogP contribution in [0.5, 0.6) is 5.75 Å². The molecule has 3 N–H and O–H groups in total. The minimum absolute atomic E-state index is 0.142. The Kier molecular flexibility index (Phi) is 6.59. The van der Waals surface area contributed by atoms with Crippen molar-refractivity contribution in [1.29, 1.82) is 0 Å². The Morgan fingerprint density at radius 2 is 1.94 bits per heavy atom. The number of nitrogens with zero attached hydrogens (tertiary/aromatic N) is 2. The average molecular weight is 439 g/mol. The highest BCUT2D eigenvalue weighted by atomic mass is 35.5. The molecule has 0 bridgehead atoms. The number of anilines is 1. The molecular weight excluding hydrogens is 412 g/mol. The van der Waals surface area contributed by atoms with Crippen LogP contribution < -0.4 is 15.8 Å². The molecule has 1 heterocycles. The minimum atomic E-state index is -0.265. The molecule has 1 amide bonds. The van der Waals surface area contributed by atoms with Crippen molar-refractivity contribution >= 4 is 23.2 Å². The first-order chi connectivity index (χ1) is 15.0.